The van der Waals surface area contributed by atoms with Gasteiger partial charge in [-0.2, -0.15) is 23.5 Å². The van der Waals surface area contributed by atoms with Gasteiger partial charge in [0.1, 0.15) is 36.6 Å². The van der Waals surface area contributed by atoms with Gasteiger partial charge >= 0.3 is 6.18 Å². The highest BCUT2D eigenvalue weighted by atomic mass is 32.1. The lowest BCUT2D eigenvalue weighted by atomic mass is 10.0. The Balaban J connectivity index is 0.908. The molecule has 2 aromatic heterocycles. The second-order valence-corrected chi connectivity index (χ2v) is 17.7. The number of carbonyl (C=O) groups is 3. The molecule has 2 N–H and O–H groups in total. The number of aliphatic hydroxyl groups excluding tert-OH is 1. The molecule has 342 valence electrons. The first-order chi connectivity index (χ1) is 31.4. The maximum absolute atomic E-state index is 14.1. The van der Waals surface area contributed by atoms with Crippen LogP contribution in [-0.4, -0.2) is 85.0 Å². The third-order valence-corrected chi connectivity index (χ3v) is 12.6. The molecule has 0 aliphatic carbocycles. The Morgan fingerprint density at radius 1 is 1.03 bits per heavy atom. The molecule has 2 aliphatic heterocycles. The van der Waals surface area contributed by atoms with E-state index in [1.165, 1.54) is 27.9 Å². The number of nitriles is 1. The zero-order chi connectivity index (χ0) is 47.5. The molecular weight excluding hydrogens is 894 g/mol. The maximum Gasteiger partial charge on any atom is 0.417 e. The van der Waals surface area contributed by atoms with Crippen molar-refractivity contribution in [1.82, 2.24) is 25.0 Å². The van der Waals surface area contributed by atoms with Crippen LogP contribution in [-0.2, 0) is 27.1 Å². The monoisotopic (exact) mass is 938 g/mol. The van der Waals surface area contributed by atoms with E-state index in [2.05, 4.69) is 27.2 Å². The first kappa shape index (κ1) is 47.2. The lowest BCUT2D eigenvalue weighted by Crippen LogP contribution is -2.49. The van der Waals surface area contributed by atoms with Crippen LogP contribution >= 0.6 is 23.6 Å². The molecule has 5 aromatic rings. The van der Waals surface area contributed by atoms with E-state index in [4.69, 9.17) is 21.7 Å². The largest absolute Gasteiger partial charge is 0.481 e. The van der Waals surface area contributed by atoms with Crippen LogP contribution in [0.4, 0.5) is 24.5 Å². The first-order valence-corrected chi connectivity index (χ1v) is 22.1. The zero-order valence-electron chi connectivity index (χ0n) is 36.5. The number of nitrogens with one attached hydrogen (secondary N) is 1. The third kappa shape index (κ3) is 9.88. The van der Waals surface area contributed by atoms with Gasteiger partial charge in [0.25, 0.3) is 5.91 Å². The lowest BCUT2D eigenvalue weighted by molar-refractivity contribution is -0.142. The minimum absolute atomic E-state index is 0.00193. The van der Waals surface area contributed by atoms with Crippen molar-refractivity contribution in [2.75, 3.05) is 29.6 Å². The number of aromatic nitrogens is 3. The van der Waals surface area contributed by atoms with Crippen molar-refractivity contribution in [3.8, 4) is 39.8 Å². The number of hydrogen-bond acceptors (Lipinski definition) is 11. The van der Waals surface area contributed by atoms with Gasteiger partial charge in [0.2, 0.25) is 11.8 Å². The summed E-state index contributed by atoms with van der Waals surface area (Å²) in [7, 11) is 0. The van der Waals surface area contributed by atoms with Gasteiger partial charge in [-0.3, -0.25) is 24.0 Å². The average Bonchev–Trinajstić information content (AvgIpc) is 4.06. The van der Waals surface area contributed by atoms with Crippen molar-refractivity contribution in [3.63, 3.8) is 0 Å². The van der Waals surface area contributed by atoms with Crippen LogP contribution in [0, 0.1) is 36.0 Å². The number of rotatable bonds is 13. The number of thiazole rings is 1. The van der Waals surface area contributed by atoms with Crippen LogP contribution < -0.4 is 24.6 Å². The Hall–Kier alpha value is -6.80. The number of β-amino-alcohol motifs (C(OH)–C–C–N with tert-alkyl or cyclic N) is 1. The number of aryl methyl sites for hydroxylation is 1. The van der Waals surface area contributed by atoms with Crippen molar-refractivity contribution in [3.05, 3.63) is 107 Å². The molecule has 0 saturated carbocycles. The number of aliphatic hydroxyl groups is 1. The van der Waals surface area contributed by atoms with E-state index in [1.807, 2.05) is 45.0 Å². The number of likely N-dealkylation sites (tertiary alicyclic amines) is 1. The number of hydrogen-bond donors (Lipinski definition) is 2. The van der Waals surface area contributed by atoms with E-state index in [0.29, 0.717) is 17.2 Å². The fourth-order valence-corrected chi connectivity index (χ4v) is 9.21. The first-order valence-electron chi connectivity index (χ1n) is 20.8. The van der Waals surface area contributed by atoms with Gasteiger partial charge < -0.3 is 29.7 Å². The van der Waals surface area contributed by atoms with Gasteiger partial charge in [-0.05, 0) is 92.5 Å². The van der Waals surface area contributed by atoms with Gasteiger partial charge in [-0.1, -0.05) is 50.0 Å². The van der Waals surface area contributed by atoms with Crippen LogP contribution in [0.15, 0.2) is 84.6 Å². The third-order valence-electron chi connectivity index (χ3n) is 11.2. The quantitative estimate of drug-likeness (QED) is 0.0918. The highest BCUT2D eigenvalue weighted by Crippen LogP contribution is 2.40. The predicted molar refractivity (Wildman–Crippen MR) is 244 cm³/mol. The molecule has 2 fully saturated rings. The van der Waals surface area contributed by atoms with Gasteiger partial charge in [-0.25, -0.2) is 4.98 Å². The van der Waals surface area contributed by atoms with Gasteiger partial charge in [0.05, 0.1) is 57.5 Å². The fourth-order valence-electron chi connectivity index (χ4n) is 7.88. The number of amides is 3. The molecule has 0 radical (unpaired) electrons. The molecule has 0 bridgehead atoms. The number of nitrogens with zero attached hydrogens (tertiary/aromatic N) is 7. The molecule has 3 atom stereocenters. The Labute approximate surface area is 388 Å². The van der Waals surface area contributed by atoms with Crippen LogP contribution in [0.1, 0.15) is 62.5 Å². The summed E-state index contributed by atoms with van der Waals surface area (Å²) in [5.41, 5.74) is 2.10. The van der Waals surface area contributed by atoms with Crippen molar-refractivity contribution in [2.24, 2.45) is 5.92 Å². The highest BCUT2D eigenvalue weighted by molar-refractivity contribution is 7.81. The average molecular weight is 939 g/mol. The van der Waals surface area contributed by atoms with E-state index in [9.17, 15) is 37.9 Å². The van der Waals surface area contributed by atoms with Crippen molar-refractivity contribution in [2.45, 2.75) is 77.5 Å². The minimum Gasteiger partial charge on any atom is -0.481 e. The SMILES string of the molecule is Cc1ncsc1-c1ccc(CNC(=O)[C@@H]2C[C@@H](O)CN2C(=O)C(C(C)C)n2cc(OCC#CCOc3ccc(N4C(=S)N(c5ccc(C#N)c(C(F)(F)F)c5)C(=O)C4(C)C)cc3)cn2)cc1. The Bertz CT molecular complexity index is 2740. The molecule has 7 rings (SSSR count). The van der Waals surface area contributed by atoms with Crippen molar-refractivity contribution < 1.29 is 42.1 Å². The molecular formula is C47H45F3N8O6S2. The highest BCUT2D eigenvalue weighted by Gasteiger charge is 2.51. The maximum atomic E-state index is 14.1. The van der Waals surface area contributed by atoms with Gasteiger partial charge in [0.15, 0.2) is 10.9 Å². The summed E-state index contributed by atoms with van der Waals surface area (Å²) in [5.74, 6) is 5.09. The molecule has 2 saturated heterocycles. The number of halogens is 3. The molecule has 1 unspecified atom stereocenters. The molecule has 4 heterocycles. The van der Waals surface area contributed by atoms with E-state index < -0.39 is 46.9 Å². The van der Waals surface area contributed by atoms with Gasteiger partial charge in [-0.15, -0.1) is 11.3 Å². The van der Waals surface area contributed by atoms with Crippen molar-refractivity contribution in [1.29, 1.82) is 5.26 Å². The van der Waals surface area contributed by atoms with Crippen LogP contribution in [0.5, 0.6) is 11.5 Å². The topological polar surface area (TPSA) is 166 Å². The Kier molecular flexibility index (Phi) is 13.8. The summed E-state index contributed by atoms with van der Waals surface area (Å²) in [5, 5.41) is 27.1. The molecule has 3 aromatic carbocycles. The van der Waals surface area contributed by atoms with E-state index >= 15 is 0 Å². The number of alkyl halides is 3. The Morgan fingerprint density at radius 3 is 2.32 bits per heavy atom. The summed E-state index contributed by atoms with van der Waals surface area (Å²) in [6, 6.07) is 17.4. The van der Waals surface area contributed by atoms with Crippen LogP contribution in [0.25, 0.3) is 10.4 Å². The number of thiocarbonyl (C=S) groups is 1. The number of benzene rings is 3. The minimum atomic E-state index is -4.81. The standard InChI is InChI=1S/C47H45F3N8O6S2/c1-28(2)40(43(61)55-25-35(59)21-39(55)42(60)52-23-30-8-10-31(11-9-30)41-29(3)53-27-66-41)56-26-37(24-54-56)64-19-7-6-18-63-36-16-14-33(15-17-36)58-45(65)57(44(62)46(58,4)5)34-13-12-32(22-51)38(20-34)47(48,49)50/h8-17,20,24,26-28,35,39-40,59H,18-19,21,23,25H2,1-5H3,(H,52,60)/t35-,39+,40?/m1/s1. The van der Waals surface area contributed by atoms with Gasteiger partial charge in [0, 0.05) is 25.2 Å². The van der Waals surface area contributed by atoms with E-state index in [1.54, 1.807) is 66.1 Å². The molecule has 19 heteroatoms. The predicted octanol–water partition coefficient (Wildman–Crippen LogP) is 7.06. The summed E-state index contributed by atoms with van der Waals surface area (Å²) >= 11 is 7.18. The summed E-state index contributed by atoms with van der Waals surface area (Å²) < 4.78 is 54.2. The second kappa shape index (κ2) is 19.4. The van der Waals surface area contributed by atoms with E-state index in [0.717, 1.165) is 38.7 Å². The summed E-state index contributed by atoms with van der Waals surface area (Å²) in [6.07, 6.45) is -2.50. The molecule has 3 amide bonds. The Morgan fingerprint density at radius 2 is 1.70 bits per heavy atom. The van der Waals surface area contributed by atoms with E-state index in [-0.39, 0.29) is 61.3 Å². The summed E-state index contributed by atoms with van der Waals surface area (Å²) in [6.45, 7) is 9.18. The summed E-state index contributed by atoms with van der Waals surface area (Å²) in [4.78, 5) is 50.4. The number of carbonyl (C=O) groups excluding carboxylic acids is 3. The number of anilines is 2. The smallest absolute Gasteiger partial charge is 0.417 e. The van der Waals surface area contributed by atoms with Crippen LogP contribution in [0.3, 0.4) is 0 Å². The molecule has 2 aliphatic rings. The molecule has 14 nitrogen and oxygen atoms in total. The van der Waals surface area contributed by atoms with Crippen LogP contribution in [0.2, 0.25) is 0 Å². The second-order valence-electron chi connectivity index (χ2n) is 16.5. The zero-order valence-corrected chi connectivity index (χ0v) is 38.1. The fraction of sp³-hybridized carbons (Fsp3) is 0.340. The number of ether oxygens (including phenoxy) is 2. The molecule has 0 spiro atoms. The lowest BCUT2D eigenvalue weighted by Gasteiger charge is -2.30. The normalized spacial score (nSPS) is 17.4. The molecule has 66 heavy (non-hydrogen) atoms. The van der Waals surface area contributed by atoms with Crippen molar-refractivity contribution >= 4 is 57.8 Å².